The van der Waals surface area contributed by atoms with E-state index in [9.17, 15) is 14.4 Å². The number of rotatable bonds is 3. The van der Waals surface area contributed by atoms with Crippen molar-refractivity contribution < 1.29 is 14.4 Å². The minimum atomic E-state index is -0.0120. The number of carbonyl (C=O) groups excluding carboxylic acids is 3. The van der Waals surface area contributed by atoms with Crippen LogP contribution in [0.3, 0.4) is 0 Å². The van der Waals surface area contributed by atoms with E-state index in [1.807, 2.05) is 30.3 Å². The third-order valence-corrected chi connectivity index (χ3v) is 4.94. The largest absolute Gasteiger partial charge is 0.338 e. The second-order valence-electron chi connectivity index (χ2n) is 6.66. The number of nitrogens with zero attached hydrogens (tertiary/aromatic N) is 3. The molecule has 0 aromatic heterocycles. The van der Waals surface area contributed by atoms with Crippen molar-refractivity contribution in [2.45, 2.75) is 25.7 Å². The van der Waals surface area contributed by atoms with E-state index >= 15 is 0 Å². The van der Waals surface area contributed by atoms with E-state index in [1.54, 1.807) is 14.7 Å². The van der Waals surface area contributed by atoms with Crippen molar-refractivity contribution in [3.05, 3.63) is 35.9 Å². The Labute approximate surface area is 148 Å². The van der Waals surface area contributed by atoms with Crippen LogP contribution < -0.4 is 0 Å². The highest BCUT2D eigenvalue weighted by molar-refractivity contribution is 5.94. The maximum Gasteiger partial charge on any atom is 0.253 e. The molecule has 2 aliphatic heterocycles. The highest BCUT2D eigenvalue weighted by Gasteiger charge is 2.27. The SMILES string of the molecule is O=C(CN1CCCCCC1=O)N1CCN(C(=O)c2ccccc2)CC1. The van der Waals surface area contributed by atoms with Gasteiger partial charge in [0.25, 0.3) is 5.91 Å². The number of benzene rings is 1. The standard InChI is InChI=1S/C19H25N3O3/c23-17-9-5-2-6-10-22(17)15-18(24)20-11-13-21(14-12-20)19(25)16-7-3-1-4-8-16/h1,3-4,7-8H,2,5-6,9-15H2. The summed E-state index contributed by atoms with van der Waals surface area (Å²) >= 11 is 0. The Balaban J connectivity index is 1.50. The molecule has 6 nitrogen and oxygen atoms in total. The van der Waals surface area contributed by atoms with Crippen LogP contribution in [0.15, 0.2) is 30.3 Å². The van der Waals surface area contributed by atoms with Gasteiger partial charge in [0, 0.05) is 44.7 Å². The van der Waals surface area contributed by atoms with Gasteiger partial charge in [0.05, 0.1) is 6.54 Å². The summed E-state index contributed by atoms with van der Waals surface area (Å²) in [6.07, 6.45) is 3.49. The molecule has 3 rings (SSSR count). The zero-order valence-corrected chi connectivity index (χ0v) is 14.5. The molecule has 0 spiro atoms. The van der Waals surface area contributed by atoms with Crippen LogP contribution in [0.5, 0.6) is 0 Å². The highest BCUT2D eigenvalue weighted by Crippen LogP contribution is 2.13. The molecular weight excluding hydrogens is 318 g/mol. The predicted octanol–water partition coefficient (Wildman–Crippen LogP) is 1.37. The van der Waals surface area contributed by atoms with Gasteiger partial charge in [-0.05, 0) is 25.0 Å². The van der Waals surface area contributed by atoms with E-state index in [4.69, 9.17) is 0 Å². The third kappa shape index (κ3) is 4.38. The van der Waals surface area contributed by atoms with Crippen LogP contribution in [0.25, 0.3) is 0 Å². The second kappa shape index (κ2) is 8.14. The van der Waals surface area contributed by atoms with Crippen molar-refractivity contribution in [2.24, 2.45) is 0 Å². The molecule has 0 atom stereocenters. The molecule has 2 heterocycles. The zero-order valence-electron chi connectivity index (χ0n) is 14.5. The molecule has 2 saturated heterocycles. The quantitative estimate of drug-likeness (QED) is 0.833. The van der Waals surface area contributed by atoms with Crippen LogP contribution in [0, 0.1) is 0 Å². The van der Waals surface area contributed by atoms with E-state index in [-0.39, 0.29) is 24.3 Å². The smallest absolute Gasteiger partial charge is 0.253 e. The first-order valence-corrected chi connectivity index (χ1v) is 9.05. The molecule has 134 valence electrons. The van der Waals surface area contributed by atoms with Gasteiger partial charge in [-0.15, -0.1) is 0 Å². The van der Waals surface area contributed by atoms with Crippen molar-refractivity contribution in [1.82, 2.24) is 14.7 Å². The molecule has 6 heteroatoms. The molecular formula is C19H25N3O3. The predicted molar refractivity (Wildman–Crippen MR) is 94.0 cm³/mol. The van der Waals surface area contributed by atoms with Gasteiger partial charge in [0.1, 0.15) is 0 Å². The number of hydrogen-bond acceptors (Lipinski definition) is 3. The van der Waals surface area contributed by atoms with Crippen LogP contribution in [-0.2, 0) is 9.59 Å². The molecule has 3 amide bonds. The Hall–Kier alpha value is -2.37. The van der Waals surface area contributed by atoms with Gasteiger partial charge < -0.3 is 14.7 Å². The van der Waals surface area contributed by atoms with E-state index < -0.39 is 0 Å². The number of piperazine rings is 1. The fourth-order valence-corrected chi connectivity index (χ4v) is 3.39. The fraction of sp³-hybridized carbons (Fsp3) is 0.526. The monoisotopic (exact) mass is 343 g/mol. The Morgan fingerprint density at radius 2 is 1.52 bits per heavy atom. The Morgan fingerprint density at radius 1 is 0.840 bits per heavy atom. The lowest BCUT2D eigenvalue weighted by Crippen LogP contribution is -2.53. The first-order valence-electron chi connectivity index (χ1n) is 9.05. The van der Waals surface area contributed by atoms with E-state index in [0.29, 0.717) is 44.7 Å². The van der Waals surface area contributed by atoms with Crippen molar-refractivity contribution in [3.8, 4) is 0 Å². The van der Waals surface area contributed by atoms with Crippen LogP contribution in [-0.4, -0.2) is 71.7 Å². The lowest BCUT2D eigenvalue weighted by molar-refractivity contribution is -0.141. The van der Waals surface area contributed by atoms with Gasteiger partial charge in [0.15, 0.2) is 0 Å². The summed E-state index contributed by atoms with van der Waals surface area (Å²) in [6, 6.07) is 9.21. The van der Waals surface area contributed by atoms with E-state index in [1.165, 1.54) is 0 Å². The van der Waals surface area contributed by atoms with Gasteiger partial charge in [-0.25, -0.2) is 0 Å². The molecule has 1 aromatic rings. The molecule has 0 saturated carbocycles. The van der Waals surface area contributed by atoms with Gasteiger partial charge in [-0.1, -0.05) is 24.6 Å². The minimum Gasteiger partial charge on any atom is -0.338 e. The normalized spacial score (nSPS) is 18.9. The summed E-state index contributed by atoms with van der Waals surface area (Å²) in [5.74, 6) is 0.0844. The summed E-state index contributed by atoms with van der Waals surface area (Å²) < 4.78 is 0. The van der Waals surface area contributed by atoms with E-state index in [2.05, 4.69) is 0 Å². The topological polar surface area (TPSA) is 60.9 Å². The average Bonchev–Trinajstić information content (AvgIpc) is 2.86. The van der Waals surface area contributed by atoms with E-state index in [0.717, 1.165) is 19.3 Å². The van der Waals surface area contributed by atoms with Gasteiger partial charge in [-0.2, -0.15) is 0 Å². The summed E-state index contributed by atoms with van der Waals surface area (Å²) in [4.78, 5) is 42.2. The zero-order chi connectivity index (χ0) is 17.6. The molecule has 2 fully saturated rings. The van der Waals surface area contributed by atoms with Crippen molar-refractivity contribution in [2.75, 3.05) is 39.3 Å². The van der Waals surface area contributed by atoms with Crippen LogP contribution in [0.1, 0.15) is 36.0 Å². The molecule has 0 unspecified atom stereocenters. The van der Waals surface area contributed by atoms with Crippen molar-refractivity contribution in [3.63, 3.8) is 0 Å². The van der Waals surface area contributed by atoms with Crippen LogP contribution >= 0.6 is 0 Å². The Bertz CT molecular complexity index is 624. The van der Waals surface area contributed by atoms with Gasteiger partial charge in [-0.3, -0.25) is 14.4 Å². The Kier molecular flexibility index (Phi) is 5.68. The Morgan fingerprint density at radius 3 is 2.24 bits per heavy atom. The lowest BCUT2D eigenvalue weighted by Gasteiger charge is -2.35. The van der Waals surface area contributed by atoms with Gasteiger partial charge in [0.2, 0.25) is 11.8 Å². The molecule has 2 aliphatic rings. The fourth-order valence-electron chi connectivity index (χ4n) is 3.39. The molecule has 25 heavy (non-hydrogen) atoms. The van der Waals surface area contributed by atoms with Crippen LogP contribution in [0.4, 0.5) is 0 Å². The first-order chi connectivity index (χ1) is 12.1. The summed E-state index contributed by atoms with van der Waals surface area (Å²) in [6.45, 7) is 2.97. The number of likely N-dealkylation sites (tertiary alicyclic amines) is 1. The maximum absolute atomic E-state index is 12.5. The van der Waals surface area contributed by atoms with Crippen LogP contribution in [0.2, 0.25) is 0 Å². The van der Waals surface area contributed by atoms with Crippen molar-refractivity contribution >= 4 is 17.7 Å². The minimum absolute atomic E-state index is 0.00962. The number of hydrogen-bond donors (Lipinski definition) is 0. The lowest BCUT2D eigenvalue weighted by atomic mass is 10.2. The highest BCUT2D eigenvalue weighted by atomic mass is 16.2. The summed E-state index contributed by atoms with van der Waals surface area (Å²) in [5, 5.41) is 0. The number of amides is 3. The second-order valence-corrected chi connectivity index (χ2v) is 6.66. The molecule has 1 aromatic carbocycles. The molecule has 0 N–H and O–H groups in total. The average molecular weight is 343 g/mol. The number of carbonyl (C=O) groups is 3. The molecule has 0 aliphatic carbocycles. The molecule has 0 radical (unpaired) electrons. The summed E-state index contributed by atoms with van der Waals surface area (Å²) in [5.41, 5.74) is 0.678. The molecule has 0 bridgehead atoms. The first kappa shape index (κ1) is 17.5. The summed E-state index contributed by atoms with van der Waals surface area (Å²) in [7, 11) is 0. The van der Waals surface area contributed by atoms with Crippen molar-refractivity contribution in [1.29, 1.82) is 0 Å². The maximum atomic E-state index is 12.5. The third-order valence-electron chi connectivity index (χ3n) is 4.94. The van der Waals surface area contributed by atoms with Gasteiger partial charge >= 0.3 is 0 Å².